The van der Waals surface area contributed by atoms with Crippen molar-refractivity contribution in [2.45, 2.75) is 25.6 Å². The van der Waals surface area contributed by atoms with E-state index in [2.05, 4.69) is 16.8 Å². The van der Waals surface area contributed by atoms with Crippen molar-refractivity contribution in [3.63, 3.8) is 0 Å². The predicted octanol–water partition coefficient (Wildman–Crippen LogP) is 0.992. The number of morpholine rings is 1. The van der Waals surface area contributed by atoms with E-state index in [1.807, 2.05) is 12.1 Å². The van der Waals surface area contributed by atoms with Gasteiger partial charge in [0.25, 0.3) is 0 Å². The molecule has 0 amide bonds. The predicted molar refractivity (Wildman–Crippen MR) is 75.1 cm³/mol. The van der Waals surface area contributed by atoms with Gasteiger partial charge in [-0.05, 0) is 19.1 Å². The van der Waals surface area contributed by atoms with Gasteiger partial charge in [-0.15, -0.1) is 0 Å². The molecule has 1 saturated heterocycles. The molecule has 0 radical (unpaired) electrons. The Labute approximate surface area is 117 Å². The van der Waals surface area contributed by atoms with Crippen molar-refractivity contribution < 1.29 is 14.3 Å². The number of hydrogen-bond acceptors (Lipinski definition) is 6. The van der Waals surface area contributed by atoms with E-state index in [9.17, 15) is 5.11 Å². The highest BCUT2D eigenvalue weighted by atomic mass is 16.5. The van der Waals surface area contributed by atoms with Crippen molar-refractivity contribution in [3.05, 3.63) is 24.1 Å². The minimum absolute atomic E-state index is 0.0350. The molecular formula is C14H19N3O3. The molecule has 3 N–H and O–H groups in total. The number of anilines is 1. The van der Waals surface area contributed by atoms with E-state index in [0.29, 0.717) is 36.9 Å². The summed E-state index contributed by atoms with van der Waals surface area (Å²) in [6.07, 6.45) is -0.133. The topological polar surface area (TPSA) is 84.8 Å². The van der Waals surface area contributed by atoms with Gasteiger partial charge in [-0.2, -0.15) is 0 Å². The third-order valence-electron chi connectivity index (χ3n) is 3.63. The molecule has 1 aliphatic heterocycles. The second-order valence-electron chi connectivity index (χ2n) is 5.25. The van der Waals surface area contributed by atoms with E-state index < -0.39 is 0 Å². The van der Waals surface area contributed by atoms with Crippen LogP contribution in [0.3, 0.4) is 0 Å². The van der Waals surface area contributed by atoms with Crippen LogP contribution in [-0.4, -0.2) is 46.9 Å². The summed E-state index contributed by atoms with van der Waals surface area (Å²) < 4.78 is 11.3. The van der Waals surface area contributed by atoms with Gasteiger partial charge in [0.2, 0.25) is 5.89 Å². The number of aliphatic hydroxyl groups is 1. The minimum Gasteiger partial charge on any atom is -0.439 e. The van der Waals surface area contributed by atoms with Crippen LogP contribution < -0.4 is 5.73 Å². The highest BCUT2D eigenvalue weighted by Gasteiger charge is 2.26. The largest absolute Gasteiger partial charge is 0.439 e. The lowest BCUT2D eigenvalue weighted by Crippen LogP contribution is -2.48. The second-order valence-corrected chi connectivity index (χ2v) is 5.25. The van der Waals surface area contributed by atoms with Crippen LogP contribution in [0.15, 0.2) is 22.6 Å². The molecule has 1 aliphatic rings. The van der Waals surface area contributed by atoms with Crippen LogP contribution in [0.25, 0.3) is 11.1 Å². The Kier molecular flexibility index (Phi) is 3.60. The molecule has 2 aromatic rings. The molecule has 6 nitrogen and oxygen atoms in total. The molecule has 0 aliphatic carbocycles. The number of hydrogen-bond donors (Lipinski definition) is 2. The molecule has 0 bridgehead atoms. The average molecular weight is 277 g/mol. The van der Waals surface area contributed by atoms with E-state index in [-0.39, 0.29) is 18.8 Å². The van der Waals surface area contributed by atoms with E-state index in [4.69, 9.17) is 14.9 Å². The van der Waals surface area contributed by atoms with Crippen molar-refractivity contribution in [2.75, 3.05) is 25.5 Å². The monoisotopic (exact) mass is 277 g/mol. The first-order valence-electron chi connectivity index (χ1n) is 6.77. The molecule has 1 aromatic carbocycles. The fourth-order valence-corrected chi connectivity index (χ4v) is 2.44. The Morgan fingerprint density at radius 1 is 1.50 bits per heavy atom. The molecule has 20 heavy (non-hydrogen) atoms. The number of ether oxygens (including phenoxy) is 1. The Balaban J connectivity index is 1.77. The molecule has 2 atom stereocenters. The zero-order chi connectivity index (χ0) is 14.1. The maximum absolute atomic E-state index is 9.20. The summed E-state index contributed by atoms with van der Waals surface area (Å²) in [6.45, 7) is 4.02. The Morgan fingerprint density at radius 2 is 2.35 bits per heavy atom. The van der Waals surface area contributed by atoms with Crippen molar-refractivity contribution >= 4 is 16.8 Å². The quantitative estimate of drug-likeness (QED) is 0.814. The summed E-state index contributed by atoms with van der Waals surface area (Å²) in [5.41, 5.74) is 7.92. The summed E-state index contributed by atoms with van der Waals surface area (Å²) >= 11 is 0. The van der Waals surface area contributed by atoms with Gasteiger partial charge in [0, 0.05) is 24.3 Å². The molecule has 2 unspecified atom stereocenters. The van der Waals surface area contributed by atoms with Crippen LogP contribution in [0.1, 0.15) is 12.8 Å². The molecular weight excluding hydrogens is 258 g/mol. The lowest BCUT2D eigenvalue weighted by molar-refractivity contribution is -0.0823. The number of nitrogens with zero attached hydrogens (tertiary/aromatic N) is 2. The highest BCUT2D eigenvalue weighted by Crippen LogP contribution is 2.21. The normalized spacial score (nSPS) is 24.3. The summed E-state index contributed by atoms with van der Waals surface area (Å²) in [5, 5.41) is 9.20. The number of benzene rings is 1. The summed E-state index contributed by atoms with van der Waals surface area (Å²) in [7, 11) is 0. The van der Waals surface area contributed by atoms with Crippen molar-refractivity contribution in [2.24, 2.45) is 0 Å². The first kappa shape index (κ1) is 13.4. The van der Waals surface area contributed by atoms with Gasteiger partial charge in [-0.25, -0.2) is 4.98 Å². The van der Waals surface area contributed by atoms with Crippen LogP contribution >= 0.6 is 0 Å². The number of oxazole rings is 1. The van der Waals surface area contributed by atoms with Crippen LogP contribution in [0, 0.1) is 0 Å². The van der Waals surface area contributed by atoms with Crippen molar-refractivity contribution in [1.29, 1.82) is 0 Å². The Morgan fingerprint density at radius 3 is 3.15 bits per heavy atom. The van der Waals surface area contributed by atoms with Gasteiger partial charge in [0.15, 0.2) is 5.58 Å². The van der Waals surface area contributed by atoms with E-state index in [1.165, 1.54) is 0 Å². The third-order valence-corrected chi connectivity index (χ3v) is 3.63. The fraction of sp³-hybridized carbons (Fsp3) is 0.500. The maximum Gasteiger partial charge on any atom is 0.209 e. The molecule has 1 fully saturated rings. The number of nitrogen functional groups attached to an aromatic ring is 1. The SMILES string of the molecule is CC1COC(CO)CN1Cc1nc2ccc(N)cc2o1. The van der Waals surface area contributed by atoms with Crippen LogP contribution in [0.2, 0.25) is 0 Å². The van der Waals surface area contributed by atoms with Gasteiger partial charge >= 0.3 is 0 Å². The average Bonchev–Trinajstić information content (AvgIpc) is 2.82. The zero-order valence-electron chi connectivity index (χ0n) is 11.5. The molecule has 6 heteroatoms. The van der Waals surface area contributed by atoms with Crippen LogP contribution in [-0.2, 0) is 11.3 Å². The Hall–Kier alpha value is -1.63. The number of fused-ring (bicyclic) bond motifs is 1. The standard InChI is InChI=1S/C14H19N3O3/c1-9-8-19-11(7-18)5-17(9)6-14-16-12-3-2-10(15)4-13(12)20-14/h2-4,9,11,18H,5-8,15H2,1H3. The van der Waals surface area contributed by atoms with Gasteiger partial charge in [-0.1, -0.05) is 0 Å². The van der Waals surface area contributed by atoms with E-state index >= 15 is 0 Å². The lowest BCUT2D eigenvalue weighted by atomic mass is 10.2. The third kappa shape index (κ3) is 2.63. The van der Waals surface area contributed by atoms with E-state index in [1.54, 1.807) is 6.07 Å². The van der Waals surface area contributed by atoms with E-state index in [0.717, 1.165) is 5.52 Å². The highest BCUT2D eigenvalue weighted by molar-refractivity contribution is 5.76. The van der Waals surface area contributed by atoms with Crippen LogP contribution in [0.4, 0.5) is 5.69 Å². The summed E-state index contributed by atoms with van der Waals surface area (Å²) in [5.74, 6) is 0.663. The molecule has 108 valence electrons. The molecule has 0 spiro atoms. The first-order valence-corrected chi connectivity index (χ1v) is 6.77. The molecule has 1 aromatic heterocycles. The van der Waals surface area contributed by atoms with Gasteiger partial charge in [-0.3, -0.25) is 4.90 Å². The van der Waals surface area contributed by atoms with Gasteiger partial charge in [0.05, 0.1) is 25.9 Å². The lowest BCUT2D eigenvalue weighted by Gasteiger charge is -2.36. The number of rotatable bonds is 3. The Bertz CT molecular complexity index is 598. The van der Waals surface area contributed by atoms with Crippen molar-refractivity contribution in [1.82, 2.24) is 9.88 Å². The van der Waals surface area contributed by atoms with Crippen molar-refractivity contribution in [3.8, 4) is 0 Å². The van der Waals surface area contributed by atoms with Crippen LogP contribution in [0.5, 0.6) is 0 Å². The fourth-order valence-electron chi connectivity index (χ4n) is 2.44. The molecule has 0 saturated carbocycles. The number of aliphatic hydroxyl groups excluding tert-OH is 1. The second kappa shape index (κ2) is 5.40. The zero-order valence-corrected chi connectivity index (χ0v) is 11.5. The summed E-state index contributed by atoms with van der Waals surface area (Å²) in [6, 6.07) is 5.73. The first-order chi connectivity index (χ1) is 9.65. The smallest absolute Gasteiger partial charge is 0.209 e. The maximum atomic E-state index is 9.20. The minimum atomic E-state index is -0.133. The number of aromatic nitrogens is 1. The van der Waals surface area contributed by atoms with Gasteiger partial charge in [0.1, 0.15) is 5.52 Å². The molecule has 2 heterocycles. The van der Waals surface area contributed by atoms with Gasteiger partial charge < -0.3 is 20.0 Å². The number of nitrogens with two attached hydrogens (primary N) is 1. The molecule has 3 rings (SSSR count). The summed E-state index contributed by atoms with van der Waals surface area (Å²) in [4.78, 5) is 6.67.